The number of ether oxygens (including phenoxy) is 3. The zero-order valence-electron chi connectivity index (χ0n) is 42.4. The smallest absolute Gasteiger partial charge is 0.306 e. The molecule has 66 heavy (non-hydrogen) atoms. The van der Waals surface area contributed by atoms with Crippen molar-refractivity contribution >= 4 is 17.9 Å². The van der Waals surface area contributed by atoms with Crippen molar-refractivity contribution in [1.29, 1.82) is 0 Å². The molecule has 3 aliphatic heterocycles. The molecule has 6 heteroatoms. The van der Waals surface area contributed by atoms with Crippen molar-refractivity contribution in [3.05, 3.63) is 109 Å². The summed E-state index contributed by atoms with van der Waals surface area (Å²) < 4.78 is 16.7. The number of allylic oxidation sites excluding steroid dienone is 18. The summed E-state index contributed by atoms with van der Waals surface area (Å²) in [6.45, 7) is 6.27. The maximum atomic E-state index is 11.9. The van der Waals surface area contributed by atoms with Gasteiger partial charge in [0.25, 0.3) is 0 Å². The number of carbonyl (C=O) groups is 3. The van der Waals surface area contributed by atoms with Gasteiger partial charge >= 0.3 is 17.9 Å². The average molecular weight is 913 g/mol. The van der Waals surface area contributed by atoms with Crippen LogP contribution in [0.2, 0.25) is 0 Å². The van der Waals surface area contributed by atoms with E-state index in [2.05, 4.69) is 123 Å². The molecule has 0 aliphatic carbocycles. The molecule has 3 rings (SSSR count). The topological polar surface area (TPSA) is 78.9 Å². The second-order valence-electron chi connectivity index (χ2n) is 18.0. The molecule has 0 radical (unpaired) electrons. The lowest BCUT2D eigenvalue weighted by molar-refractivity contribution is -0.150. The Hall–Kier alpha value is -3.93. The van der Waals surface area contributed by atoms with E-state index < -0.39 is 0 Å². The third-order valence-corrected chi connectivity index (χ3v) is 11.7. The van der Waals surface area contributed by atoms with Gasteiger partial charge in [-0.25, -0.2) is 0 Å². The summed E-state index contributed by atoms with van der Waals surface area (Å²) in [5, 5.41) is 0. The van der Waals surface area contributed by atoms with Crippen molar-refractivity contribution < 1.29 is 28.6 Å². The highest BCUT2D eigenvalue weighted by molar-refractivity contribution is 5.70. The zero-order valence-corrected chi connectivity index (χ0v) is 42.4. The monoisotopic (exact) mass is 913 g/mol. The summed E-state index contributed by atoms with van der Waals surface area (Å²) in [5.41, 5.74) is 0. The Labute approximate surface area is 405 Å². The van der Waals surface area contributed by atoms with Crippen molar-refractivity contribution in [1.82, 2.24) is 0 Å². The maximum absolute atomic E-state index is 11.9. The molecule has 6 nitrogen and oxygen atoms in total. The van der Waals surface area contributed by atoms with E-state index in [1.54, 1.807) is 0 Å². The summed E-state index contributed by atoms with van der Waals surface area (Å²) in [6, 6.07) is 0. The van der Waals surface area contributed by atoms with E-state index >= 15 is 0 Å². The molecule has 0 fully saturated rings. The van der Waals surface area contributed by atoms with Crippen LogP contribution in [0.1, 0.15) is 233 Å². The first kappa shape index (κ1) is 60.1. The van der Waals surface area contributed by atoms with Crippen LogP contribution in [0.3, 0.4) is 0 Å². The molecule has 3 aliphatic rings. The lowest BCUT2D eigenvalue weighted by atomic mass is 10.1. The molecule has 3 atom stereocenters. The number of carbonyl (C=O) groups excluding carboxylic acids is 3. The van der Waals surface area contributed by atoms with Crippen molar-refractivity contribution in [3.63, 3.8) is 0 Å². The Morgan fingerprint density at radius 3 is 1.09 bits per heavy atom. The molecule has 0 saturated carbocycles. The minimum absolute atomic E-state index is 0.0206. The molecule has 0 bridgehead atoms. The van der Waals surface area contributed by atoms with Crippen LogP contribution in [-0.2, 0) is 28.6 Å². The van der Waals surface area contributed by atoms with E-state index in [0.717, 1.165) is 148 Å². The van der Waals surface area contributed by atoms with Gasteiger partial charge in [-0.15, -0.1) is 0 Å². The van der Waals surface area contributed by atoms with Gasteiger partial charge in [0, 0.05) is 19.3 Å². The molecule has 3 heterocycles. The Morgan fingerprint density at radius 1 is 0.364 bits per heavy atom. The minimum atomic E-state index is -0.0414. The van der Waals surface area contributed by atoms with Gasteiger partial charge in [0.1, 0.15) is 12.2 Å². The van der Waals surface area contributed by atoms with Gasteiger partial charge in [-0.05, 0) is 174 Å². The summed E-state index contributed by atoms with van der Waals surface area (Å²) in [5.74, 6) is -0.0888. The second kappa shape index (κ2) is 47.6. The quantitative estimate of drug-likeness (QED) is 0.159. The van der Waals surface area contributed by atoms with E-state index in [1.165, 1.54) is 44.9 Å². The molecule has 372 valence electrons. The van der Waals surface area contributed by atoms with Crippen molar-refractivity contribution in [2.75, 3.05) is 0 Å². The second-order valence-corrected chi connectivity index (χ2v) is 18.0. The molecular weight excluding hydrogens is 817 g/mol. The summed E-state index contributed by atoms with van der Waals surface area (Å²) in [4.78, 5) is 35.4. The fourth-order valence-electron chi connectivity index (χ4n) is 7.68. The van der Waals surface area contributed by atoms with Crippen LogP contribution in [0.15, 0.2) is 109 Å². The van der Waals surface area contributed by atoms with Crippen molar-refractivity contribution in [2.24, 2.45) is 0 Å². The normalized spacial score (nSPS) is 27.7. The number of cyclic esters (lactones) is 3. The van der Waals surface area contributed by atoms with Gasteiger partial charge in [0.15, 0.2) is 0 Å². The van der Waals surface area contributed by atoms with Crippen molar-refractivity contribution in [3.8, 4) is 0 Å². The Morgan fingerprint density at radius 2 is 0.667 bits per heavy atom. The predicted molar refractivity (Wildman–Crippen MR) is 281 cm³/mol. The first-order valence-electron chi connectivity index (χ1n) is 26.9. The molecule has 0 N–H and O–H groups in total. The summed E-state index contributed by atoms with van der Waals surface area (Å²) in [7, 11) is 0. The van der Waals surface area contributed by atoms with Crippen LogP contribution in [0, 0.1) is 0 Å². The van der Waals surface area contributed by atoms with Gasteiger partial charge in [-0.3, -0.25) is 14.4 Å². The van der Waals surface area contributed by atoms with Crippen LogP contribution >= 0.6 is 0 Å². The molecule has 0 aromatic carbocycles. The highest BCUT2D eigenvalue weighted by Crippen LogP contribution is 2.16. The Bertz CT molecular complexity index is 1440. The number of hydrogen-bond donors (Lipinski definition) is 0. The van der Waals surface area contributed by atoms with Crippen LogP contribution in [-0.4, -0.2) is 36.2 Å². The largest absolute Gasteiger partial charge is 0.463 e. The lowest BCUT2D eigenvalue weighted by Gasteiger charge is -2.17. The predicted octanol–water partition coefficient (Wildman–Crippen LogP) is 17.7. The molecule has 0 amide bonds. The van der Waals surface area contributed by atoms with Gasteiger partial charge < -0.3 is 14.2 Å². The first-order chi connectivity index (χ1) is 32.4. The first-order valence-corrected chi connectivity index (χ1v) is 26.9. The Balaban J connectivity index is 0.000000495. The van der Waals surface area contributed by atoms with E-state index in [0.29, 0.717) is 19.3 Å². The Kier molecular flexibility index (Phi) is 43.3. The summed E-state index contributed by atoms with van der Waals surface area (Å²) in [6.07, 6.45) is 73.7. The van der Waals surface area contributed by atoms with E-state index in [-0.39, 0.29) is 36.2 Å². The van der Waals surface area contributed by atoms with Crippen LogP contribution < -0.4 is 0 Å². The fourth-order valence-corrected chi connectivity index (χ4v) is 7.68. The third-order valence-electron chi connectivity index (χ3n) is 11.7. The van der Waals surface area contributed by atoms with E-state index in [1.807, 2.05) is 6.92 Å². The fraction of sp³-hybridized carbons (Fsp3) is 0.650. The third kappa shape index (κ3) is 42.7. The number of esters is 3. The van der Waals surface area contributed by atoms with Crippen LogP contribution in [0.25, 0.3) is 0 Å². The van der Waals surface area contributed by atoms with E-state index in [4.69, 9.17) is 14.2 Å². The minimum Gasteiger partial charge on any atom is -0.463 e. The van der Waals surface area contributed by atoms with Gasteiger partial charge in [-0.1, -0.05) is 149 Å². The average Bonchev–Trinajstić information content (AvgIpc) is 3.30. The number of hydrogen-bond acceptors (Lipinski definition) is 6. The molecule has 0 saturated heterocycles. The standard InChI is InChI=1S/3C20H32O2/c1-19-17-15-13-11-9-7-5-3-2-4-6-8-10-12-14-16-18-20(21)22-19;1-2-19-17-15-13-11-9-7-5-3-4-6-8-10-12-14-16-18-20(21)22-19;1-2-16-19-17-14-12-10-8-6-4-3-5-7-9-11-13-15-18-20(21)22-19/h3-6,10,12,19H,2,7-9,11,13-18H2,1H3;4-7,10,12,19H,2-3,8-9,11,13-18H2,1H3;3,5-6,8-9,11,19H,2,4,7,10,12-18H2,1H3/b5-3-,6-4-,12-10-;6-4-,7-5-,12-10-;5-3-,8-6-,11-9-. The van der Waals surface area contributed by atoms with Crippen LogP contribution in [0.5, 0.6) is 0 Å². The highest BCUT2D eigenvalue weighted by atomic mass is 16.5. The molecule has 3 unspecified atom stereocenters. The molecule has 0 aromatic rings. The summed E-state index contributed by atoms with van der Waals surface area (Å²) >= 11 is 0. The van der Waals surface area contributed by atoms with E-state index in [9.17, 15) is 14.4 Å². The van der Waals surface area contributed by atoms with Crippen LogP contribution in [0.4, 0.5) is 0 Å². The molecular formula is C60H96O6. The molecule has 0 aromatic heterocycles. The maximum Gasteiger partial charge on any atom is 0.306 e. The highest BCUT2D eigenvalue weighted by Gasteiger charge is 2.14. The van der Waals surface area contributed by atoms with Crippen molar-refractivity contribution in [2.45, 2.75) is 251 Å². The SMILES string of the molecule is CC1CCCCCC/C=C\C/C=C\C/C=C\CCCC(=O)O1.CCC1CCCCC/C=C\C/C=C\C/C=C\CCCC(=O)O1.CCCC1CCCC/C=C\C/C=C\C/C=C\CCCC(=O)O1. The van der Waals surface area contributed by atoms with Gasteiger partial charge in [0.05, 0.1) is 6.10 Å². The van der Waals surface area contributed by atoms with Gasteiger partial charge in [-0.2, -0.15) is 0 Å². The lowest BCUT2D eigenvalue weighted by Crippen LogP contribution is -2.18. The number of rotatable bonds is 3. The molecule has 0 spiro atoms. The zero-order chi connectivity index (χ0) is 47.6. The van der Waals surface area contributed by atoms with Gasteiger partial charge in [0.2, 0.25) is 0 Å².